The lowest BCUT2D eigenvalue weighted by atomic mass is 9.84. The van der Waals surface area contributed by atoms with Crippen molar-refractivity contribution in [3.63, 3.8) is 0 Å². The number of hydrogen-bond acceptors (Lipinski definition) is 6. The SMILES string of the molecule is O=C(O)Oc1c2ccccc2c(OC(=O)O)c2ccccc12.O=C1c2ccccc2C(=O)c2ccccc21. The van der Waals surface area contributed by atoms with Gasteiger partial charge < -0.3 is 19.7 Å². The fourth-order valence-corrected chi connectivity index (χ4v) is 4.49. The van der Waals surface area contributed by atoms with Gasteiger partial charge in [-0.15, -0.1) is 0 Å². The molecule has 0 saturated carbocycles. The monoisotopic (exact) mass is 506 g/mol. The van der Waals surface area contributed by atoms with Crippen LogP contribution in [0.4, 0.5) is 9.59 Å². The highest BCUT2D eigenvalue weighted by Gasteiger charge is 2.28. The lowest BCUT2D eigenvalue weighted by Gasteiger charge is -2.16. The summed E-state index contributed by atoms with van der Waals surface area (Å²) in [7, 11) is 0. The third-order valence-corrected chi connectivity index (χ3v) is 6.04. The van der Waals surface area contributed by atoms with E-state index in [-0.39, 0.29) is 23.1 Å². The number of benzene rings is 5. The van der Waals surface area contributed by atoms with E-state index >= 15 is 0 Å². The van der Waals surface area contributed by atoms with Crippen LogP contribution in [0.1, 0.15) is 31.8 Å². The highest BCUT2D eigenvalue weighted by atomic mass is 16.7. The Bertz CT molecular complexity index is 1530. The van der Waals surface area contributed by atoms with Gasteiger partial charge in [0.05, 0.1) is 0 Å². The smallest absolute Gasteiger partial charge is 0.449 e. The molecule has 0 atom stereocenters. The Kier molecular flexibility index (Phi) is 6.28. The van der Waals surface area contributed by atoms with Crippen molar-refractivity contribution in [3.05, 3.63) is 119 Å². The van der Waals surface area contributed by atoms with Crippen LogP contribution in [0, 0.1) is 0 Å². The van der Waals surface area contributed by atoms with E-state index in [2.05, 4.69) is 0 Å². The molecule has 0 heterocycles. The second-order valence-corrected chi connectivity index (χ2v) is 8.23. The predicted molar refractivity (Wildman–Crippen MR) is 139 cm³/mol. The minimum Gasteiger partial charge on any atom is -0.449 e. The number of rotatable bonds is 2. The van der Waals surface area contributed by atoms with Gasteiger partial charge in [-0.3, -0.25) is 9.59 Å². The first-order valence-electron chi connectivity index (χ1n) is 11.4. The fraction of sp³-hybridized carbons (Fsp3) is 0. The van der Waals surface area contributed by atoms with Crippen LogP contribution >= 0.6 is 0 Å². The van der Waals surface area contributed by atoms with E-state index in [9.17, 15) is 19.2 Å². The number of carbonyl (C=O) groups is 4. The Morgan fingerprint density at radius 2 is 0.684 bits per heavy atom. The standard InChI is InChI=1S/C16H10O6.C14H8O2/c17-15(18)21-13-9-5-1-2-6-10(9)14(22-16(19)20)12-8-4-3-7-11(12)13;15-13-9-5-1-2-6-10(9)14(16)12-8-4-3-7-11(12)13/h1-8H,(H,17,18)(H,19,20);1-8H. The number of carboxylic acid groups (broad SMARTS) is 2. The number of ketones is 2. The third-order valence-electron chi connectivity index (χ3n) is 6.04. The molecule has 0 radical (unpaired) electrons. The van der Waals surface area contributed by atoms with Gasteiger partial charge in [0.25, 0.3) is 0 Å². The summed E-state index contributed by atoms with van der Waals surface area (Å²) >= 11 is 0. The maximum absolute atomic E-state index is 12.1. The van der Waals surface area contributed by atoms with Gasteiger partial charge in [0.1, 0.15) is 11.5 Å². The second-order valence-electron chi connectivity index (χ2n) is 8.23. The molecule has 0 spiro atoms. The molecule has 2 N–H and O–H groups in total. The zero-order valence-corrected chi connectivity index (χ0v) is 19.6. The molecule has 5 aromatic rings. The molecule has 186 valence electrons. The minimum atomic E-state index is -1.44. The van der Waals surface area contributed by atoms with Crippen LogP contribution in [0.3, 0.4) is 0 Å². The third kappa shape index (κ3) is 4.31. The van der Waals surface area contributed by atoms with E-state index in [1.807, 2.05) is 0 Å². The molecule has 0 aromatic heterocycles. The molecule has 8 nitrogen and oxygen atoms in total. The van der Waals surface area contributed by atoms with Crippen molar-refractivity contribution >= 4 is 45.4 Å². The molecule has 8 heteroatoms. The van der Waals surface area contributed by atoms with Gasteiger partial charge in [-0.25, -0.2) is 9.59 Å². The minimum absolute atomic E-state index is 0.0641. The molecule has 1 aliphatic rings. The highest BCUT2D eigenvalue weighted by Crippen LogP contribution is 2.42. The van der Waals surface area contributed by atoms with Gasteiger partial charge in [-0.2, -0.15) is 0 Å². The molecule has 6 rings (SSSR count). The Labute approximate surface area is 215 Å². The van der Waals surface area contributed by atoms with Gasteiger partial charge in [0, 0.05) is 43.8 Å². The average molecular weight is 506 g/mol. The van der Waals surface area contributed by atoms with Crippen molar-refractivity contribution in [2.45, 2.75) is 0 Å². The van der Waals surface area contributed by atoms with Crippen molar-refractivity contribution in [3.8, 4) is 11.5 Å². The van der Waals surface area contributed by atoms with Gasteiger partial charge in [0.15, 0.2) is 11.6 Å². The van der Waals surface area contributed by atoms with Gasteiger partial charge in [0.2, 0.25) is 0 Å². The summed E-state index contributed by atoms with van der Waals surface area (Å²) in [5.74, 6) is 0.171. The predicted octanol–water partition coefficient (Wildman–Crippen LogP) is 6.57. The van der Waals surface area contributed by atoms with Crippen LogP contribution < -0.4 is 9.47 Å². The molecule has 38 heavy (non-hydrogen) atoms. The van der Waals surface area contributed by atoms with E-state index in [0.717, 1.165) is 0 Å². The maximum atomic E-state index is 12.1. The summed E-state index contributed by atoms with van der Waals surface area (Å²) in [6.07, 6.45) is -2.88. The van der Waals surface area contributed by atoms with Crippen LogP contribution in [0.2, 0.25) is 0 Å². The molecule has 0 fully saturated rings. The number of hydrogen-bond donors (Lipinski definition) is 2. The zero-order chi connectivity index (χ0) is 26.8. The van der Waals surface area contributed by atoms with Crippen molar-refractivity contribution in [2.75, 3.05) is 0 Å². The first kappa shape index (κ1) is 24.2. The largest absolute Gasteiger partial charge is 0.511 e. The van der Waals surface area contributed by atoms with Crippen LogP contribution in [-0.2, 0) is 0 Å². The molecular weight excluding hydrogens is 488 g/mol. The molecule has 0 bridgehead atoms. The Morgan fingerprint density at radius 1 is 0.447 bits per heavy atom. The molecule has 0 amide bonds. The van der Waals surface area contributed by atoms with Crippen LogP contribution in [0.5, 0.6) is 11.5 Å². The van der Waals surface area contributed by atoms with Crippen molar-refractivity contribution in [1.29, 1.82) is 0 Å². The van der Waals surface area contributed by atoms with Gasteiger partial charge >= 0.3 is 12.3 Å². The zero-order valence-electron chi connectivity index (χ0n) is 19.6. The first-order chi connectivity index (χ1) is 18.4. The molecule has 5 aromatic carbocycles. The Hall–Kier alpha value is -5.50. The molecular formula is C30H18O8. The van der Waals surface area contributed by atoms with Crippen LogP contribution in [0.15, 0.2) is 97.1 Å². The molecule has 1 aliphatic carbocycles. The summed E-state index contributed by atoms with van der Waals surface area (Å²) < 4.78 is 9.83. The van der Waals surface area contributed by atoms with Crippen molar-refractivity contribution in [2.24, 2.45) is 0 Å². The topological polar surface area (TPSA) is 127 Å². The summed E-state index contributed by atoms with van der Waals surface area (Å²) in [6, 6.07) is 27.3. The van der Waals surface area contributed by atoms with E-state index in [1.165, 1.54) is 0 Å². The van der Waals surface area contributed by atoms with Crippen LogP contribution in [-0.4, -0.2) is 34.1 Å². The summed E-state index contributed by atoms with van der Waals surface area (Å²) in [5.41, 5.74) is 2.02. The second kappa shape index (κ2) is 9.87. The highest BCUT2D eigenvalue weighted by molar-refractivity contribution is 6.28. The van der Waals surface area contributed by atoms with Gasteiger partial charge in [-0.1, -0.05) is 97.1 Å². The van der Waals surface area contributed by atoms with E-state index in [1.54, 1.807) is 97.1 Å². The van der Waals surface area contributed by atoms with Crippen LogP contribution in [0.25, 0.3) is 21.5 Å². The lowest BCUT2D eigenvalue weighted by molar-refractivity contribution is 0.0979. The quantitative estimate of drug-likeness (QED) is 0.153. The fourth-order valence-electron chi connectivity index (χ4n) is 4.49. The first-order valence-corrected chi connectivity index (χ1v) is 11.4. The average Bonchev–Trinajstić information content (AvgIpc) is 2.93. The molecule has 0 unspecified atom stereocenters. The normalized spacial score (nSPS) is 11.7. The lowest BCUT2D eigenvalue weighted by Crippen LogP contribution is -2.20. The van der Waals surface area contributed by atoms with Crippen molar-refractivity contribution < 1.29 is 38.9 Å². The van der Waals surface area contributed by atoms with E-state index < -0.39 is 12.3 Å². The number of ether oxygens (including phenoxy) is 2. The van der Waals surface area contributed by atoms with Crippen molar-refractivity contribution in [1.82, 2.24) is 0 Å². The number of fused-ring (bicyclic) bond motifs is 4. The Morgan fingerprint density at radius 3 is 0.921 bits per heavy atom. The maximum Gasteiger partial charge on any atom is 0.511 e. The van der Waals surface area contributed by atoms with E-state index in [0.29, 0.717) is 43.8 Å². The number of carbonyl (C=O) groups excluding carboxylic acids is 2. The van der Waals surface area contributed by atoms with E-state index in [4.69, 9.17) is 19.7 Å². The molecule has 0 saturated heterocycles. The summed E-state index contributed by atoms with van der Waals surface area (Å²) in [5, 5.41) is 19.7. The summed E-state index contributed by atoms with van der Waals surface area (Å²) in [6.45, 7) is 0. The van der Waals surface area contributed by atoms with Gasteiger partial charge in [-0.05, 0) is 0 Å². The molecule has 0 aliphatic heterocycles. The summed E-state index contributed by atoms with van der Waals surface area (Å²) in [4.78, 5) is 46.1. The Balaban J connectivity index is 0.000000162.